The molecular weight excluding hydrogens is 912 g/mol. The summed E-state index contributed by atoms with van der Waals surface area (Å²) in [6, 6.07) is 62.8. The van der Waals surface area contributed by atoms with Crippen LogP contribution in [-0.2, 0) is 23.9 Å². The van der Waals surface area contributed by atoms with E-state index in [1.165, 1.54) is 38.4 Å². The molecule has 0 aliphatic carbocycles. The van der Waals surface area contributed by atoms with Crippen molar-refractivity contribution in [1.29, 1.82) is 0 Å². The Bertz CT molecular complexity index is 3760. The Morgan fingerprint density at radius 1 is 0.575 bits per heavy atom. The SMILES string of the molecule is C#CC/C(=C\C=C/CN(c1ccccc1)c1cc(Cl)cc(N(c2ccccc2)c2cccc(-n3c4cc(CC)ccc4c4ccc(C(C)(C)O)cc43)c2)c1)n1c2cc(CC)ccc2c2ccc(C(C)(C)C)cc21. The number of hydrogen-bond acceptors (Lipinski definition) is 3. The van der Waals surface area contributed by atoms with Crippen LogP contribution in [0, 0.1) is 12.3 Å². The number of aromatic nitrogens is 2. The van der Waals surface area contributed by atoms with Crippen molar-refractivity contribution in [1.82, 2.24) is 9.13 Å². The lowest BCUT2D eigenvalue weighted by Gasteiger charge is -2.29. The van der Waals surface area contributed by atoms with Crippen LogP contribution in [0.5, 0.6) is 0 Å². The van der Waals surface area contributed by atoms with Crippen molar-refractivity contribution in [2.24, 2.45) is 0 Å². The zero-order chi connectivity index (χ0) is 51.0. The van der Waals surface area contributed by atoms with E-state index < -0.39 is 5.60 Å². The van der Waals surface area contributed by atoms with Gasteiger partial charge in [-0.3, -0.25) is 0 Å². The van der Waals surface area contributed by atoms with Crippen molar-refractivity contribution in [3.05, 3.63) is 221 Å². The molecule has 0 unspecified atom stereocenters. The van der Waals surface area contributed by atoms with Crippen LogP contribution < -0.4 is 9.80 Å². The Morgan fingerprint density at radius 3 is 1.75 bits per heavy atom. The molecule has 10 rings (SSSR count). The fraction of sp³-hybridized carbons (Fsp3) is 0.194. The first-order valence-corrected chi connectivity index (χ1v) is 25.9. The van der Waals surface area contributed by atoms with Crippen molar-refractivity contribution in [3.8, 4) is 18.0 Å². The van der Waals surface area contributed by atoms with E-state index in [4.69, 9.17) is 18.0 Å². The number of rotatable bonds is 14. The molecule has 0 radical (unpaired) electrons. The zero-order valence-electron chi connectivity index (χ0n) is 43.0. The van der Waals surface area contributed by atoms with Gasteiger partial charge in [0.25, 0.3) is 0 Å². The normalized spacial score (nSPS) is 12.4. The minimum Gasteiger partial charge on any atom is -0.386 e. The Labute approximate surface area is 435 Å². The molecule has 10 aromatic rings. The third-order valence-electron chi connectivity index (χ3n) is 14.2. The molecule has 0 bridgehead atoms. The van der Waals surface area contributed by atoms with Gasteiger partial charge < -0.3 is 24.0 Å². The molecule has 5 nitrogen and oxygen atoms in total. The van der Waals surface area contributed by atoms with Gasteiger partial charge in [-0.15, -0.1) is 12.3 Å². The maximum absolute atomic E-state index is 11.2. The van der Waals surface area contributed by atoms with Gasteiger partial charge in [-0.2, -0.15) is 0 Å². The van der Waals surface area contributed by atoms with Crippen LogP contribution in [0.25, 0.3) is 55.0 Å². The number of allylic oxidation sites excluding steroid dienone is 3. The van der Waals surface area contributed by atoms with Crippen LogP contribution in [0.4, 0.5) is 28.4 Å². The number of nitrogens with zero attached hydrogens (tertiary/aromatic N) is 4. The van der Waals surface area contributed by atoms with Crippen LogP contribution in [0.3, 0.4) is 0 Å². The lowest BCUT2D eigenvalue weighted by atomic mass is 9.86. The topological polar surface area (TPSA) is 36.6 Å². The summed E-state index contributed by atoms with van der Waals surface area (Å²) >= 11 is 7.25. The van der Waals surface area contributed by atoms with Crippen LogP contribution in [0.2, 0.25) is 5.02 Å². The molecule has 0 spiro atoms. The standard InChI is InChI=1S/C67H63ClN4O/c1-9-21-52(71-62-38-46(10-2)29-33-58(62)60-35-31-48(40-64(60)71)66(4,5)6)26-18-19-37-69(51-22-14-12-15-23-51)56-42-50(68)43-57(45-56)70(53-24-16-13-17-25-53)54-27-20-28-55(44-54)72-63-39-47(11-3)30-34-59(63)61-36-32-49(41-65(61)72)67(7,8)73/h1,12-20,22-36,38-45,73H,10-11,21,37H2,2-8H3/b19-18-,52-26+. The Kier molecular flexibility index (Phi) is 13.4. The number of anilines is 5. The van der Waals surface area contributed by atoms with Crippen LogP contribution in [0.1, 0.15) is 77.1 Å². The first-order valence-electron chi connectivity index (χ1n) is 25.5. The van der Waals surface area contributed by atoms with Crippen molar-refractivity contribution < 1.29 is 5.11 Å². The molecule has 364 valence electrons. The van der Waals surface area contributed by atoms with Gasteiger partial charge in [-0.25, -0.2) is 0 Å². The van der Waals surface area contributed by atoms with E-state index >= 15 is 0 Å². The summed E-state index contributed by atoms with van der Waals surface area (Å²) in [5.74, 6) is 2.99. The fourth-order valence-electron chi connectivity index (χ4n) is 10.3. The number of halogens is 1. The molecule has 0 saturated carbocycles. The van der Waals surface area contributed by atoms with E-state index in [-0.39, 0.29) is 5.41 Å². The third kappa shape index (κ3) is 9.70. The average molecular weight is 976 g/mol. The maximum Gasteiger partial charge on any atom is 0.0841 e. The minimum atomic E-state index is -1.01. The summed E-state index contributed by atoms with van der Waals surface area (Å²) in [5.41, 5.74) is 15.1. The van der Waals surface area contributed by atoms with Gasteiger partial charge in [-0.1, -0.05) is 149 Å². The van der Waals surface area contributed by atoms with E-state index in [1.807, 2.05) is 44.2 Å². The third-order valence-corrected chi connectivity index (χ3v) is 14.4. The second-order valence-corrected chi connectivity index (χ2v) is 21.1. The van der Waals surface area contributed by atoms with Crippen molar-refractivity contribution in [3.63, 3.8) is 0 Å². The molecule has 0 saturated heterocycles. The highest BCUT2D eigenvalue weighted by Crippen LogP contribution is 2.43. The second kappa shape index (κ2) is 20.0. The van der Waals surface area contributed by atoms with Gasteiger partial charge in [0, 0.05) is 79.4 Å². The summed E-state index contributed by atoms with van der Waals surface area (Å²) in [7, 11) is 0. The van der Waals surface area contributed by atoms with E-state index in [1.54, 1.807) is 0 Å². The molecule has 73 heavy (non-hydrogen) atoms. The molecule has 1 N–H and O–H groups in total. The first kappa shape index (κ1) is 48.9. The molecule has 2 heterocycles. The summed E-state index contributed by atoms with van der Waals surface area (Å²) in [6.45, 7) is 15.4. The number of aryl methyl sites for hydroxylation is 2. The lowest BCUT2D eigenvalue weighted by Crippen LogP contribution is -2.18. The van der Waals surface area contributed by atoms with E-state index in [9.17, 15) is 5.11 Å². The summed E-state index contributed by atoms with van der Waals surface area (Å²) in [5, 5.41) is 16.6. The molecular formula is C67H63ClN4O. The number of aliphatic hydroxyl groups is 1. The maximum atomic E-state index is 11.2. The largest absolute Gasteiger partial charge is 0.386 e. The second-order valence-electron chi connectivity index (χ2n) is 20.6. The van der Waals surface area contributed by atoms with Gasteiger partial charge >= 0.3 is 0 Å². The Morgan fingerprint density at radius 2 is 1.12 bits per heavy atom. The monoisotopic (exact) mass is 974 g/mol. The average Bonchev–Trinajstić information content (AvgIpc) is 3.89. The number of hydrogen-bond donors (Lipinski definition) is 1. The van der Waals surface area contributed by atoms with E-state index in [0.29, 0.717) is 18.0 Å². The molecule has 0 fully saturated rings. The molecule has 0 aliphatic heterocycles. The first-order chi connectivity index (χ1) is 35.2. The van der Waals surface area contributed by atoms with Crippen LogP contribution in [-0.4, -0.2) is 20.8 Å². The van der Waals surface area contributed by atoms with Gasteiger partial charge in [0.2, 0.25) is 0 Å². The predicted octanol–water partition coefficient (Wildman–Crippen LogP) is 17.9. The van der Waals surface area contributed by atoms with Crippen LogP contribution >= 0.6 is 11.6 Å². The van der Waals surface area contributed by atoms with Gasteiger partial charge in [0.15, 0.2) is 0 Å². The summed E-state index contributed by atoms with van der Waals surface area (Å²) < 4.78 is 4.72. The summed E-state index contributed by atoms with van der Waals surface area (Å²) in [4.78, 5) is 4.58. The number of terminal acetylenes is 1. The van der Waals surface area contributed by atoms with Gasteiger partial charge in [-0.05, 0) is 145 Å². The zero-order valence-corrected chi connectivity index (χ0v) is 43.8. The Hall–Kier alpha value is -7.75. The number of benzene rings is 8. The number of fused-ring (bicyclic) bond motifs is 6. The fourth-order valence-corrected chi connectivity index (χ4v) is 10.5. The molecule has 0 amide bonds. The molecule has 8 aromatic carbocycles. The van der Waals surface area contributed by atoms with Crippen molar-refractivity contribution >= 4 is 89.3 Å². The molecule has 0 aliphatic rings. The molecule has 6 heteroatoms. The highest BCUT2D eigenvalue weighted by Gasteiger charge is 2.23. The highest BCUT2D eigenvalue weighted by molar-refractivity contribution is 6.31. The van der Waals surface area contributed by atoms with E-state index in [0.717, 1.165) is 80.2 Å². The number of para-hydroxylation sites is 2. The van der Waals surface area contributed by atoms with E-state index in [2.05, 4.69) is 223 Å². The highest BCUT2D eigenvalue weighted by atomic mass is 35.5. The quantitative estimate of drug-likeness (QED) is 0.0871. The van der Waals surface area contributed by atoms with Crippen molar-refractivity contribution in [2.75, 3.05) is 16.3 Å². The lowest BCUT2D eigenvalue weighted by molar-refractivity contribution is 0.0787. The minimum absolute atomic E-state index is 0.0145. The van der Waals surface area contributed by atoms with Gasteiger partial charge in [0.05, 0.1) is 27.7 Å². The molecule has 2 aromatic heterocycles. The van der Waals surface area contributed by atoms with Crippen LogP contribution in [0.15, 0.2) is 194 Å². The predicted molar refractivity (Wildman–Crippen MR) is 313 cm³/mol. The Balaban J connectivity index is 1.07. The van der Waals surface area contributed by atoms with Gasteiger partial charge in [0.1, 0.15) is 0 Å². The summed E-state index contributed by atoms with van der Waals surface area (Å²) in [6.07, 6.45) is 15.0. The molecule has 0 atom stereocenters. The smallest absolute Gasteiger partial charge is 0.0841 e. The van der Waals surface area contributed by atoms with Crippen molar-refractivity contribution in [2.45, 2.75) is 78.7 Å².